The van der Waals surface area contributed by atoms with E-state index < -0.39 is 0 Å². The third-order valence-corrected chi connectivity index (χ3v) is 4.48. The van der Waals surface area contributed by atoms with E-state index in [1.807, 2.05) is 24.3 Å². The van der Waals surface area contributed by atoms with E-state index in [1.165, 1.54) is 19.3 Å². The summed E-state index contributed by atoms with van der Waals surface area (Å²) in [5.41, 5.74) is 0.873. The number of carbonyl (C=O) groups excluding carboxylic acids is 1. The molecule has 0 saturated carbocycles. The molecule has 3 rings (SSSR count). The zero-order valence-corrected chi connectivity index (χ0v) is 12.7. The lowest BCUT2D eigenvalue weighted by Gasteiger charge is -2.28. The van der Waals surface area contributed by atoms with Gasteiger partial charge in [-0.05, 0) is 36.7 Å². The van der Waals surface area contributed by atoms with Crippen LogP contribution in [0.2, 0.25) is 0 Å². The van der Waals surface area contributed by atoms with Crippen molar-refractivity contribution in [3.63, 3.8) is 0 Å². The summed E-state index contributed by atoms with van der Waals surface area (Å²) in [5, 5.41) is 2.23. The highest BCUT2D eigenvalue weighted by Gasteiger charge is 2.21. The molecule has 1 atom stereocenters. The lowest BCUT2D eigenvalue weighted by molar-refractivity contribution is 0.0885. The van der Waals surface area contributed by atoms with Gasteiger partial charge in [-0.3, -0.25) is 4.79 Å². The summed E-state index contributed by atoms with van der Waals surface area (Å²) in [5.74, 6) is 0.339. The first kappa shape index (κ1) is 14.3. The van der Waals surface area contributed by atoms with Crippen molar-refractivity contribution in [1.82, 2.24) is 4.90 Å². The minimum absolute atomic E-state index is 0.0638. The molecule has 0 aliphatic carbocycles. The van der Waals surface area contributed by atoms with Gasteiger partial charge in [0, 0.05) is 18.0 Å². The average molecular weight is 281 g/mol. The molecule has 110 valence electrons. The number of likely N-dealkylation sites (tertiary alicyclic amines) is 1. The Kier molecular flexibility index (Phi) is 4.35. The molecule has 0 bridgehead atoms. The summed E-state index contributed by atoms with van der Waals surface area (Å²) in [6, 6.07) is 14.2. The smallest absolute Gasteiger partial charge is 0.167 e. The number of ketones is 1. The van der Waals surface area contributed by atoms with Crippen molar-refractivity contribution in [1.29, 1.82) is 0 Å². The zero-order chi connectivity index (χ0) is 14.7. The maximum Gasteiger partial charge on any atom is 0.167 e. The highest BCUT2D eigenvalue weighted by atomic mass is 16.1. The molecule has 1 saturated heterocycles. The Labute approximate surface area is 126 Å². The zero-order valence-electron chi connectivity index (χ0n) is 12.7. The number of Topliss-reactive ketones (excluding diaryl/α,β-unsaturated/α-hetero) is 1. The topological polar surface area (TPSA) is 20.3 Å². The van der Waals surface area contributed by atoms with Gasteiger partial charge in [0.05, 0.1) is 0 Å². The first-order valence-corrected chi connectivity index (χ1v) is 8.00. The Balaban J connectivity index is 1.79. The Bertz CT molecular complexity index is 623. The molecule has 0 aromatic heterocycles. The largest absolute Gasteiger partial charge is 0.303 e. The molecule has 1 aliphatic rings. The van der Waals surface area contributed by atoms with Crippen LogP contribution in [0.5, 0.6) is 0 Å². The van der Waals surface area contributed by atoms with Gasteiger partial charge in [-0.2, -0.15) is 0 Å². The van der Waals surface area contributed by atoms with Crippen LogP contribution in [0.4, 0.5) is 0 Å². The van der Waals surface area contributed by atoms with E-state index in [1.54, 1.807) is 0 Å². The number of benzene rings is 2. The van der Waals surface area contributed by atoms with Crippen LogP contribution >= 0.6 is 0 Å². The Morgan fingerprint density at radius 2 is 1.76 bits per heavy atom. The van der Waals surface area contributed by atoms with Crippen LogP contribution in [0.1, 0.15) is 36.5 Å². The lowest BCUT2D eigenvalue weighted by Crippen LogP contribution is -2.35. The molecule has 0 amide bonds. The first-order chi connectivity index (χ1) is 10.3. The second-order valence-electron chi connectivity index (χ2n) is 6.15. The molecule has 1 unspecified atom stereocenters. The standard InChI is InChI=1S/C19H23NO/c1-15(14-20-12-5-2-6-13-20)19(21)18-11-7-9-16-8-3-4-10-17(16)18/h3-4,7-11,15H,2,5-6,12-14H2,1H3. The molecule has 0 N–H and O–H groups in total. The Morgan fingerprint density at radius 3 is 2.57 bits per heavy atom. The van der Waals surface area contributed by atoms with Crippen LogP contribution in [-0.2, 0) is 0 Å². The second-order valence-corrected chi connectivity index (χ2v) is 6.15. The highest BCUT2D eigenvalue weighted by molar-refractivity contribution is 6.09. The normalized spacial score (nSPS) is 17.8. The van der Waals surface area contributed by atoms with E-state index in [2.05, 4.69) is 30.0 Å². The molecule has 1 aliphatic heterocycles. The van der Waals surface area contributed by atoms with Crippen LogP contribution < -0.4 is 0 Å². The van der Waals surface area contributed by atoms with E-state index in [9.17, 15) is 4.79 Å². The minimum Gasteiger partial charge on any atom is -0.303 e. The van der Waals surface area contributed by atoms with Crippen LogP contribution in [0, 0.1) is 5.92 Å². The second kappa shape index (κ2) is 6.40. The van der Waals surface area contributed by atoms with Gasteiger partial charge in [0.25, 0.3) is 0 Å². The summed E-state index contributed by atoms with van der Waals surface area (Å²) < 4.78 is 0. The van der Waals surface area contributed by atoms with E-state index in [0.29, 0.717) is 0 Å². The van der Waals surface area contributed by atoms with Crippen molar-refractivity contribution < 1.29 is 4.79 Å². The van der Waals surface area contributed by atoms with Crippen molar-refractivity contribution in [3.8, 4) is 0 Å². The van der Waals surface area contributed by atoms with Gasteiger partial charge in [0.1, 0.15) is 0 Å². The van der Waals surface area contributed by atoms with Gasteiger partial charge in [-0.1, -0.05) is 55.8 Å². The quantitative estimate of drug-likeness (QED) is 0.785. The molecular formula is C19H23NO. The SMILES string of the molecule is CC(CN1CCCCC1)C(=O)c1cccc2ccccc12. The molecule has 2 nitrogen and oxygen atoms in total. The van der Waals surface area contributed by atoms with Gasteiger partial charge in [0.15, 0.2) is 5.78 Å². The summed E-state index contributed by atoms with van der Waals surface area (Å²) in [6.07, 6.45) is 3.88. The fraction of sp³-hybridized carbons (Fsp3) is 0.421. The lowest BCUT2D eigenvalue weighted by atomic mass is 9.94. The van der Waals surface area contributed by atoms with Gasteiger partial charge in [-0.15, -0.1) is 0 Å². The average Bonchev–Trinajstić information content (AvgIpc) is 2.54. The maximum absolute atomic E-state index is 12.8. The molecule has 21 heavy (non-hydrogen) atoms. The minimum atomic E-state index is 0.0638. The highest BCUT2D eigenvalue weighted by Crippen LogP contribution is 2.22. The molecular weight excluding hydrogens is 258 g/mol. The summed E-state index contributed by atoms with van der Waals surface area (Å²) >= 11 is 0. The Morgan fingerprint density at radius 1 is 1.05 bits per heavy atom. The molecule has 1 fully saturated rings. The molecule has 0 spiro atoms. The first-order valence-electron chi connectivity index (χ1n) is 8.00. The van der Waals surface area contributed by atoms with Gasteiger partial charge < -0.3 is 4.90 Å². The fourth-order valence-electron chi connectivity index (χ4n) is 3.32. The van der Waals surface area contributed by atoms with Crippen LogP contribution in [0.3, 0.4) is 0 Å². The number of hydrogen-bond acceptors (Lipinski definition) is 2. The van der Waals surface area contributed by atoms with E-state index in [4.69, 9.17) is 0 Å². The predicted octanol–water partition coefficient (Wildman–Crippen LogP) is 4.14. The monoisotopic (exact) mass is 281 g/mol. The van der Waals surface area contributed by atoms with Crippen molar-refractivity contribution in [2.75, 3.05) is 19.6 Å². The third-order valence-electron chi connectivity index (χ3n) is 4.48. The third kappa shape index (κ3) is 3.16. The van der Waals surface area contributed by atoms with Crippen LogP contribution in [-0.4, -0.2) is 30.3 Å². The van der Waals surface area contributed by atoms with E-state index >= 15 is 0 Å². The van der Waals surface area contributed by atoms with Crippen LogP contribution in [0.25, 0.3) is 10.8 Å². The molecule has 2 heteroatoms. The van der Waals surface area contributed by atoms with E-state index in [0.717, 1.165) is 36.0 Å². The number of rotatable bonds is 4. The van der Waals surface area contributed by atoms with Crippen molar-refractivity contribution in [2.45, 2.75) is 26.2 Å². The van der Waals surface area contributed by atoms with Crippen molar-refractivity contribution in [2.24, 2.45) is 5.92 Å². The Hall–Kier alpha value is -1.67. The maximum atomic E-state index is 12.8. The predicted molar refractivity (Wildman–Crippen MR) is 87.7 cm³/mol. The number of piperidine rings is 1. The van der Waals surface area contributed by atoms with Crippen LogP contribution in [0.15, 0.2) is 42.5 Å². The van der Waals surface area contributed by atoms with Crippen molar-refractivity contribution in [3.05, 3.63) is 48.0 Å². The molecule has 0 radical (unpaired) electrons. The summed E-state index contributed by atoms with van der Waals surface area (Å²) in [6.45, 7) is 5.25. The molecule has 1 heterocycles. The van der Waals surface area contributed by atoms with Gasteiger partial charge >= 0.3 is 0 Å². The van der Waals surface area contributed by atoms with Gasteiger partial charge in [-0.25, -0.2) is 0 Å². The molecule has 2 aromatic rings. The van der Waals surface area contributed by atoms with E-state index in [-0.39, 0.29) is 11.7 Å². The number of fused-ring (bicyclic) bond motifs is 1. The number of hydrogen-bond donors (Lipinski definition) is 0. The van der Waals surface area contributed by atoms with Gasteiger partial charge in [0.2, 0.25) is 0 Å². The van der Waals surface area contributed by atoms with Crippen molar-refractivity contribution >= 4 is 16.6 Å². The number of nitrogens with zero attached hydrogens (tertiary/aromatic N) is 1. The fourth-order valence-corrected chi connectivity index (χ4v) is 3.32. The number of carbonyl (C=O) groups is 1. The summed E-state index contributed by atoms with van der Waals surface area (Å²) in [7, 11) is 0. The molecule has 2 aromatic carbocycles. The summed E-state index contributed by atoms with van der Waals surface area (Å²) in [4.78, 5) is 15.2.